The zero-order valence-corrected chi connectivity index (χ0v) is 14.1. The van der Waals surface area contributed by atoms with Crippen molar-refractivity contribution in [1.29, 1.82) is 0 Å². The molecule has 1 nitrogen and oxygen atoms in total. The highest BCUT2D eigenvalue weighted by atomic mass is 28.3. The summed E-state index contributed by atoms with van der Waals surface area (Å²) >= 11 is 0. The quantitative estimate of drug-likeness (QED) is 0.341. The summed E-state index contributed by atoms with van der Waals surface area (Å²) < 4.78 is 0. The minimum absolute atomic E-state index is 0.389. The van der Waals surface area contributed by atoms with Gasteiger partial charge in [0.2, 0.25) is 0 Å². The molecule has 0 aliphatic carbocycles. The Hall–Kier alpha value is 0.177. The van der Waals surface area contributed by atoms with Gasteiger partial charge in [-0.3, -0.25) is 0 Å². The molecule has 0 bridgehead atoms. The molecular formula is C16H36OSi. The van der Waals surface area contributed by atoms with Crippen LogP contribution in [0.15, 0.2) is 0 Å². The summed E-state index contributed by atoms with van der Waals surface area (Å²) in [5.41, 5.74) is 0. The molecule has 0 heterocycles. The van der Waals surface area contributed by atoms with Crippen LogP contribution in [-0.4, -0.2) is 19.8 Å². The van der Waals surface area contributed by atoms with Crippen LogP contribution in [0, 0.1) is 0 Å². The largest absolute Gasteiger partial charge is 0.396 e. The van der Waals surface area contributed by atoms with E-state index in [1.54, 1.807) is 18.1 Å². The summed E-state index contributed by atoms with van der Waals surface area (Å²) in [6.45, 7) is 7.37. The first-order valence-corrected chi connectivity index (χ1v) is 11.2. The van der Waals surface area contributed by atoms with Crippen molar-refractivity contribution in [1.82, 2.24) is 0 Å². The zero-order valence-electron chi connectivity index (χ0n) is 13.1. The molecule has 0 saturated heterocycles. The van der Waals surface area contributed by atoms with Crippen LogP contribution in [0.5, 0.6) is 0 Å². The number of unbranched alkanes of at least 4 members (excludes halogenated alkanes) is 4. The number of aliphatic hydroxyl groups excluding tert-OH is 1. The Bertz CT molecular complexity index is 149. The molecule has 0 aromatic carbocycles. The van der Waals surface area contributed by atoms with E-state index in [1.807, 2.05) is 0 Å². The molecule has 0 fully saturated rings. The summed E-state index contributed by atoms with van der Waals surface area (Å²) in [6, 6.07) is 6.13. The van der Waals surface area contributed by atoms with E-state index in [2.05, 4.69) is 20.8 Å². The van der Waals surface area contributed by atoms with Gasteiger partial charge >= 0.3 is 0 Å². The van der Waals surface area contributed by atoms with Crippen LogP contribution in [0.4, 0.5) is 0 Å². The van der Waals surface area contributed by atoms with Gasteiger partial charge in [0.1, 0.15) is 0 Å². The molecule has 110 valence electrons. The minimum Gasteiger partial charge on any atom is -0.396 e. The molecule has 0 spiro atoms. The second-order valence-electron chi connectivity index (χ2n) is 5.99. The van der Waals surface area contributed by atoms with Crippen LogP contribution in [-0.2, 0) is 0 Å². The molecule has 0 amide bonds. The smallest absolute Gasteiger partial charge is 0.0535 e. The van der Waals surface area contributed by atoms with Crippen molar-refractivity contribution >= 4 is 8.07 Å². The minimum atomic E-state index is -1.01. The van der Waals surface area contributed by atoms with E-state index in [4.69, 9.17) is 5.11 Å². The van der Waals surface area contributed by atoms with Crippen LogP contribution in [0.25, 0.3) is 0 Å². The zero-order chi connectivity index (χ0) is 13.7. The molecule has 0 aromatic heterocycles. The third-order valence-corrected chi connectivity index (χ3v) is 9.95. The lowest BCUT2D eigenvalue weighted by Gasteiger charge is -2.32. The Labute approximate surface area is 116 Å². The van der Waals surface area contributed by atoms with Gasteiger partial charge in [0.05, 0.1) is 8.07 Å². The van der Waals surface area contributed by atoms with E-state index in [-0.39, 0.29) is 0 Å². The van der Waals surface area contributed by atoms with Gasteiger partial charge in [-0.1, -0.05) is 89.9 Å². The Kier molecular flexibility index (Phi) is 12.3. The Morgan fingerprint density at radius 3 is 1.33 bits per heavy atom. The van der Waals surface area contributed by atoms with Gasteiger partial charge in [0, 0.05) is 6.61 Å². The molecule has 0 unspecified atom stereocenters. The first-order valence-electron chi connectivity index (χ1n) is 8.35. The summed E-state index contributed by atoms with van der Waals surface area (Å²) in [6.07, 6.45) is 10.7. The monoisotopic (exact) mass is 272 g/mol. The van der Waals surface area contributed by atoms with Gasteiger partial charge in [0.25, 0.3) is 0 Å². The second-order valence-corrected chi connectivity index (χ2v) is 11.0. The highest BCUT2D eigenvalue weighted by molar-refractivity contribution is 6.79. The molecule has 18 heavy (non-hydrogen) atoms. The predicted molar refractivity (Wildman–Crippen MR) is 86.0 cm³/mol. The molecule has 0 saturated carbocycles. The highest BCUT2D eigenvalue weighted by Gasteiger charge is 2.29. The number of rotatable bonds is 13. The molecule has 1 N–H and O–H groups in total. The van der Waals surface area contributed by atoms with Crippen molar-refractivity contribution in [3.8, 4) is 0 Å². The van der Waals surface area contributed by atoms with Crippen LogP contribution in [0.1, 0.15) is 72.1 Å². The predicted octanol–water partition coefficient (Wildman–Crippen LogP) is 5.61. The summed E-state index contributed by atoms with van der Waals surface area (Å²) in [5, 5.41) is 9.01. The van der Waals surface area contributed by atoms with Crippen molar-refractivity contribution in [2.24, 2.45) is 0 Å². The van der Waals surface area contributed by atoms with E-state index in [0.717, 1.165) is 6.42 Å². The second kappa shape index (κ2) is 12.2. The normalized spacial score (nSPS) is 12.0. The van der Waals surface area contributed by atoms with Gasteiger partial charge in [-0.25, -0.2) is 0 Å². The van der Waals surface area contributed by atoms with Crippen molar-refractivity contribution in [2.45, 2.75) is 96.3 Å². The SMILES string of the molecule is CCCC[Si](CCCC)(CCCC)CCCCO. The fraction of sp³-hybridized carbons (Fsp3) is 1.00. The van der Waals surface area contributed by atoms with Crippen molar-refractivity contribution < 1.29 is 5.11 Å². The standard InChI is InChI=1S/C16H36OSi/c1-4-7-13-18(14-8-5-2,15-9-6-3)16-11-10-12-17/h17H,4-16H2,1-3H3. The molecule has 0 atom stereocenters. The van der Waals surface area contributed by atoms with Crippen LogP contribution >= 0.6 is 0 Å². The summed E-state index contributed by atoms with van der Waals surface area (Å²) in [7, 11) is -1.01. The van der Waals surface area contributed by atoms with Gasteiger partial charge in [-0.05, 0) is 6.42 Å². The Morgan fingerprint density at radius 2 is 1.00 bits per heavy atom. The van der Waals surface area contributed by atoms with Gasteiger partial charge in [0.15, 0.2) is 0 Å². The Morgan fingerprint density at radius 1 is 0.611 bits per heavy atom. The van der Waals surface area contributed by atoms with Gasteiger partial charge in [-0.15, -0.1) is 0 Å². The van der Waals surface area contributed by atoms with Crippen molar-refractivity contribution in [3.63, 3.8) is 0 Å². The maximum Gasteiger partial charge on any atom is 0.0535 e. The van der Waals surface area contributed by atoms with E-state index in [0.29, 0.717) is 6.61 Å². The molecule has 0 aliphatic rings. The fourth-order valence-corrected chi connectivity index (χ4v) is 8.83. The third kappa shape index (κ3) is 8.31. The van der Waals surface area contributed by atoms with Crippen LogP contribution < -0.4 is 0 Å². The van der Waals surface area contributed by atoms with Crippen LogP contribution in [0.3, 0.4) is 0 Å². The van der Waals surface area contributed by atoms with Crippen molar-refractivity contribution in [3.05, 3.63) is 0 Å². The average Bonchev–Trinajstić information content (AvgIpc) is 2.40. The van der Waals surface area contributed by atoms with E-state index in [1.165, 1.54) is 51.0 Å². The maximum absolute atomic E-state index is 9.01. The van der Waals surface area contributed by atoms with Crippen molar-refractivity contribution in [2.75, 3.05) is 6.61 Å². The lowest BCUT2D eigenvalue weighted by atomic mass is 10.3. The Balaban J connectivity index is 4.41. The van der Waals surface area contributed by atoms with E-state index >= 15 is 0 Å². The summed E-state index contributed by atoms with van der Waals surface area (Å²) in [5.74, 6) is 0. The molecule has 0 rings (SSSR count). The first kappa shape index (κ1) is 18.2. The number of aliphatic hydroxyl groups is 1. The third-order valence-electron chi connectivity index (χ3n) is 4.30. The number of hydrogen-bond donors (Lipinski definition) is 1. The molecular weight excluding hydrogens is 236 g/mol. The lowest BCUT2D eigenvalue weighted by Crippen LogP contribution is -2.33. The van der Waals surface area contributed by atoms with Crippen LogP contribution in [0.2, 0.25) is 24.2 Å². The molecule has 0 radical (unpaired) electrons. The van der Waals surface area contributed by atoms with Gasteiger partial charge < -0.3 is 5.11 Å². The molecule has 0 aliphatic heterocycles. The maximum atomic E-state index is 9.01. The number of hydrogen-bond acceptors (Lipinski definition) is 1. The van der Waals surface area contributed by atoms with E-state index < -0.39 is 8.07 Å². The highest BCUT2D eigenvalue weighted by Crippen LogP contribution is 2.33. The fourth-order valence-electron chi connectivity index (χ4n) is 3.02. The molecule has 2 heteroatoms. The lowest BCUT2D eigenvalue weighted by molar-refractivity contribution is 0.286. The van der Waals surface area contributed by atoms with Gasteiger partial charge in [-0.2, -0.15) is 0 Å². The molecule has 0 aromatic rings. The average molecular weight is 273 g/mol. The first-order chi connectivity index (χ1) is 8.74. The topological polar surface area (TPSA) is 20.2 Å². The van der Waals surface area contributed by atoms with E-state index in [9.17, 15) is 0 Å². The summed E-state index contributed by atoms with van der Waals surface area (Å²) in [4.78, 5) is 0.